The molecule has 4 aromatic rings. The van der Waals surface area contributed by atoms with Gasteiger partial charge in [-0.15, -0.1) is 0 Å². The molecule has 0 bridgehead atoms. The molecule has 0 saturated heterocycles. The average molecular weight is 516 g/mol. The van der Waals surface area contributed by atoms with Gasteiger partial charge in [-0.1, -0.05) is 30.3 Å². The molecule has 10 nitrogen and oxygen atoms in total. The Bertz CT molecular complexity index is 1320. The minimum absolute atomic E-state index is 0.0361. The summed E-state index contributed by atoms with van der Waals surface area (Å²) in [6, 6.07) is 17.9. The third-order valence-corrected chi connectivity index (χ3v) is 6.13. The van der Waals surface area contributed by atoms with Gasteiger partial charge in [-0.05, 0) is 53.4 Å². The van der Waals surface area contributed by atoms with Crippen molar-refractivity contribution in [1.82, 2.24) is 19.9 Å². The highest BCUT2D eigenvalue weighted by Gasteiger charge is 2.24. The topological polar surface area (TPSA) is 142 Å². The molecule has 0 aliphatic heterocycles. The summed E-state index contributed by atoms with van der Waals surface area (Å²) in [7, 11) is 3.19. The number of methoxy groups -OCH3 is 2. The maximum atomic E-state index is 13.1. The van der Waals surface area contributed by atoms with E-state index < -0.39 is 17.9 Å². The van der Waals surface area contributed by atoms with E-state index in [1.54, 1.807) is 43.3 Å². The molecule has 4 rings (SSSR count). The van der Waals surface area contributed by atoms with Crippen LogP contribution in [0.1, 0.15) is 34.3 Å². The minimum Gasteiger partial charge on any atom is -0.497 e. The second kappa shape index (κ2) is 11.9. The van der Waals surface area contributed by atoms with Crippen LogP contribution in [0, 0.1) is 0 Å². The molecule has 0 fully saturated rings. The Hall–Kier alpha value is -4.86. The largest absolute Gasteiger partial charge is 0.497 e. The Kier molecular flexibility index (Phi) is 8.22. The van der Waals surface area contributed by atoms with Gasteiger partial charge in [0, 0.05) is 12.4 Å². The lowest BCUT2D eigenvalue weighted by molar-refractivity contribution is -0.138. The normalized spacial score (nSPS) is 11.7. The summed E-state index contributed by atoms with van der Waals surface area (Å²) in [6.45, 7) is -0.0361. The molecule has 1 amide bonds. The molecule has 0 aliphatic carbocycles. The number of rotatable bonds is 11. The number of nitrogen functional groups attached to an aromatic ring is 1. The van der Waals surface area contributed by atoms with Gasteiger partial charge in [0.25, 0.3) is 0 Å². The maximum absolute atomic E-state index is 13.1. The number of nitrogens with zero attached hydrogens (tertiary/aromatic N) is 3. The number of nitrogens with two attached hydrogens (primary N) is 1. The monoisotopic (exact) mass is 515 g/mol. The first-order valence-electron chi connectivity index (χ1n) is 11.9. The van der Waals surface area contributed by atoms with E-state index in [2.05, 4.69) is 15.3 Å². The fourth-order valence-corrected chi connectivity index (χ4v) is 4.08. The van der Waals surface area contributed by atoms with Gasteiger partial charge < -0.3 is 30.2 Å². The number of hydrogen-bond donors (Lipinski definition) is 3. The fourth-order valence-electron chi connectivity index (χ4n) is 4.08. The molecule has 4 N–H and O–H groups in total. The van der Waals surface area contributed by atoms with Gasteiger partial charge in [0.1, 0.15) is 29.8 Å². The lowest BCUT2D eigenvalue weighted by Gasteiger charge is -2.20. The third-order valence-electron chi connectivity index (χ3n) is 6.13. The molecule has 2 aromatic carbocycles. The van der Waals surface area contributed by atoms with E-state index in [1.165, 1.54) is 6.33 Å². The number of benzene rings is 2. The summed E-state index contributed by atoms with van der Waals surface area (Å²) in [5.41, 5.74) is 8.44. The van der Waals surface area contributed by atoms with Crippen LogP contribution in [-0.4, -0.2) is 45.7 Å². The van der Waals surface area contributed by atoms with Crippen LogP contribution >= 0.6 is 0 Å². The van der Waals surface area contributed by atoms with E-state index >= 15 is 0 Å². The second-order valence-corrected chi connectivity index (χ2v) is 8.70. The molecule has 0 aliphatic rings. The summed E-state index contributed by atoms with van der Waals surface area (Å²) in [4.78, 5) is 33.4. The van der Waals surface area contributed by atoms with E-state index in [4.69, 9.17) is 15.2 Å². The number of aliphatic carboxylic acids is 1. The number of amides is 1. The number of aromatic nitrogens is 3. The van der Waals surface area contributed by atoms with Crippen LogP contribution in [0.2, 0.25) is 0 Å². The van der Waals surface area contributed by atoms with E-state index in [-0.39, 0.29) is 18.9 Å². The van der Waals surface area contributed by atoms with Crippen molar-refractivity contribution >= 4 is 17.7 Å². The molecule has 10 heteroatoms. The van der Waals surface area contributed by atoms with Gasteiger partial charge in [-0.3, -0.25) is 9.59 Å². The molecule has 0 radical (unpaired) electrons. The van der Waals surface area contributed by atoms with E-state index in [0.717, 1.165) is 16.7 Å². The number of carboxylic acid groups (broad SMARTS) is 1. The van der Waals surface area contributed by atoms with Crippen LogP contribution < -0.4 is 20.5 Å². The second-order valence-electron chi connectivity index (χ2n) is 8.70. The van der Waals surface area contributed by atoms with E-state index in [9.17, 15) is 14.7 Å². The van der Waals surface area contributed by atoms with Crippen molar-refractivity contribution in [2.75, 3.05) is 20.0 Å². The fraction of sp³-hybridized carbons (Fsp3) is 0.214. The molecule has 0 saturated carbocycles. The first-order valence-corrected chi connectivity index (χ1v) is 11.9. The third kappa shape index (κ3) is 6.47. The predicted molar refractivity (Wildman–Crippen MR) is 141 cm³/mol. The van der Waals surface area contributed by atoms with Crippen LogP contribution in [0.25, 0.3) is 0 Å². The first-order chi connectivity index (χ1) is 18.4. The molecule has 0 spiro atoms. The Morgan fingerprint density at radius 3 is 2.05 bits per heavy atom. The molecular formula is C28H29N5O5. The van der Waals surface area contributed by atoms with Gasteiger partial charge in [-0.2, -0.15) is 0 Å². The highest BCUT2D eigenvalue weighted by molar-refractivity contribution is 5.77. The quantitative estimate of drug-likeness (QED) is 0.277. The SMILES string of the molecule is COc1ccc(C(NC(=O)Cn2cnc(C(Cc3ccc(N)nc3)C(=O)O)c2)c2ccc(OC)cc2)cc1. The first kappa shape index (κ1) is 26.2. The lowest BCUT2D eigenvalue weighted by Crippen LogP contribution is -2.32. The van der Waals surface area contributed by atoms with Crippen molar-refractivity contribution < 1.29 is 24.2 Å². The lowest BCUT2D eigenvalue weighted by atomic mass is 9.98. The standard InChI is InChI=1S/C28H29N5O5/c1-37-21-8-4-19(5-9-21)27(20-6-10-22(38-2)11-7-20)32-26(34)16-33-15-24(31-17-33)23(28(35)36)13-18-3-12-25(29)30-14-18/h3-12,14-15,17,23,27H,13,16H2,1-2H3,(H2,29,30)(H,32,34)(H,35,36). The highest BCUT2D eigenvalue weighted by atomic mass is 16.5. The van der Waals surface area contributed by atoms with Crippen molar-refractivity contribution in [2.45, 2.75) is 24.9 Å². The van der Waals surface area contributed by atoms with Crippen LogP contribution in [0.15, 0.2) is 79.4 Å². The maximum Gasteiger partial charge on any atom is 0.312 e. The number of nitrogens with one attached hydrogen (secondary N) is 1. The van der Waals surface area contributed by atoms with Crippen molar-refractivity contribution in [3.63, 3.8) is 0 Å². The molecule has 2 heterocycles. The number of ether oxygens (including phenoxy) is 2. The van der Waals surface area contributed by atoms with Gasteiger partial charge >= 0.3 is 5.97 Å². The van der Waals surface area contributed by atoms with E-state index in [0.29, 0.717) is 23.0 Å². The van der Waals surface area contributed by atoms with Gasteiger partial charge in [0.15, 0.2) is 0 Å². The smallest absolute Gasteiger partial charge is 0.312 e. The summed E-state index contributed by atoms with van der Waals surface area (Å²) >= 11 is 0. The van der Waals surface area contributed by atoms with Crippen molar-refractivity contribution in [3.05, 3.63) is 102 Å². The zero-order chi connectivity index (χ0) is 27.1. The molecular weight excluding hydrogens is 486 g/mol. The van der Waals surface area contributed by atoms with Gasteiger partial charge in [0.2, 0.25) is 5.91 Å². The minimum atomic E-state index is -1.02. The number of pyridine rings is 1. The molecule has 38 heavy (non-hydrogen) atoms. The molecule has 1 unspecified atom stereocenters. The summed E-state index contributed by atoms with van der Waals surface area (Å²) in [5, 5.41) is 12.9. The number of carboxylic acids is 1. The van der Waals surface area contributed by atoms with E-state index in [1.807, 2.05) is 48.5 Å². The van der Waals surface area contributed by atoms with Crippen LogP contribution in [0.5, 0.6) is 11.5 Å². The molecule has 1 atom stereocenters. The number of hydrogen-bond acceptors (Lipinski definition) is 7. The number of carbonyl (C=O) groups is 2. The Balaban J connectivity index is 1.50. The predicted octanol–water partition coefficient (Wildman–Crippen LogP) is 3.19. The van der Waals surface area contributed by atoms with Crippen LogP contribution in [0.4, 0.5) is 5.82 Å². The zero-order valence-electron chi connectivity index (χ0n) is 21.1. The van der Waals surface area contributed by atoms with Gasteiger partial charge in [-0.25, -0.2) is 9.97 Å². The summed E-state index contributed by atoms with van der Waals surface area (Å²) < 4.78 is 12.1. The Labute approximate surface area is 220 Å². The van der Waals surface area contributed by atoms with Crippen molar-refractivity contribution in [3.8, 4) is 11.5 Å². The van der Waals surface area contributed by atoms with Crippen LogP contribution in [-0.2, 0) is 22.6 Å². The number of anilines is 1. The Morgan fingerprint density at radius 2 is 1.55 bits per heavy atom. The summed E-state index contributed by atoms with van der Waals surface area (Å²) in [5.74, 6) is -0.394. The Morgan fingerprint density at radius 1 is 0.947 bits per heavy atom. The number of imidazole rings is 1. The van der Waals surface area contributed by atoms with Crippen molar-refractivity contribution in [2.24, 2.45) is 0 Å². The summed E-state index contributed by atoms with van der Waals surface area (Å²) in [6.07, 6.45) is 4.79. The van der Waals surface area contributed by atoms with Gasteiger partial charge in [0.05, 0.1) is 32.3 Å². The van der Waals surface area contributed by atoms with Crippen LogP contribution in [0.3, 0.4) is 0 Å². The number of carbonyl (C=O) groups excluding carboxylic acids is 1. The average Bonchev–Trinajstić information content (AvgIpc) is 3.39. The molecule has 2 aromatic heterocycles. The molecule has 196 valence electrons. The highest BCUT2D eigenvalue weighted by Crippen LogP contribution is 2.26. The van der Waals surface area contributed by atoms with Crippen molar-refractivity contribution in [1.29, 1.82) is 0 Å². The zero-order valence-corrected chi connectivity index (χ0v) is 21.1.